The number of rotatable bonds is 11. The van der Waals surface area contributed by atoms with E-state index in [-0.39, 0.29) is 39.9 Å². The predicted molar refractivity (Wildman–Crippen MR) is 221 cm³/mol. The van der Waals surface area contributed by atoms with Gasteiger partial charge in [0, 0.05) is 39.3 Å². The number of para-hydroxylation sites is 2. The molecular formula is C45H52N4O2Pd. The van der Waals surface area contributed by atoms with Gasteiger partial charge < -0.3 is 16.4 Å². The molecule has 6 rings (SSSR count). The van der Waals surface area contributed by atoms with E-state index < -0.39 is 0 Å². The number of nitro benzene ring substituents is 1. The maximum atomic E-state index is 11.7. The Morgan fingerprint density at radius 2 is 0.923 bits per heavy atom. The first-order valence-electron chi connectivity index (χ1n) is 17.4. The van der Waals surface area contributed by atoms with Crippen LogP contribution in [0.1, 0.15) is 58.8 Å². The molecule has 6 aromatic carbocycles. The molecule has 0 aliphatic rings. The van der Waals surface area contributed by atoms with Crippen molar-refractivity contribution in [2.24, 2.45) is 0 Å². The minimum atomic E-state index is -0.324. The fraction of sp³-hybridized carbons (Fsp3) is 0.200. The van der Waals surface area contributed by atoms with Gasteiger partial charge in [-0.3, -0.25) is 10.1 Å². The van der Waals surface area contributed by atoms with Crippen LogP contribution in [0.15, 0.2) is 133 Å². The van der Waals surface area contributed by atoms with Crippen molar-refractivity contribution in [2.45, 2.75) is 60.8 Å². The third-order valence-corrected chi connectivity index (χ3v) is 8.98. The fourth-order valence-corrected chi connectivity index (χ4v) is 6.16. The monoisotopic (exact) mass is 786 g/mol. The molecule has 0 heterocycles. The van der Waals surface area contributed by atoms with Crippen LogP contribution in [-0.2, 0) is 46.1 Å². The summed E-state index contributed by atoms with van der Waals surface area (Å²) >= 11 is 0. The Balaban J connectivity index is 0.000000348. The molecule has 0 aromatic heterocycles. The molecule has 0 amide bonds. The maximum absolute atomic E-state index is 11.7. The van der Waals surface area contributed by atoms with Gasteiger partial charge in [0.25, 0.3) is 5.69 Å². The Morgan fingerprint density at radius 1 is 0.538 bits per heavy atom. The van der Waals surface area contributed by atoms with Crippen LogP contribution >= 0.6 is 0 Å². The molecular weight excluding hydrogens is 735 g/mol. The van der Waals surface area contributed by atoms with E-state index in [2.05, 4.69) is 92.9 Å². The second-order valence-electron chi connectivity index (χ2n) is 12.1. The number of hydrogen-bond donors (Lipinski definition) is 3. The van der Waals surface area contributed by atoms with Crippen LogP contribution < -0.4 is 16.4 Å². The van der Waals surface area contributed by atoms with Crippen LogP contribution in [-0.4, -0.2) is 4.92 Å². The van der Waals surface area contributed by atoms with E-state index in [4.69, 9.17) is 5.73 Å². The summed E-state index contributed by atoms with van der Waals surface area (Å²) in [5.41, 5.74) is 19.9. The summed E-state index contributed by atoms with van der Waals surface area (Å²) in [6.45, 7) is 8.54. The number of nitrogens with zero attached hydrogens (tertiary/aromatic N) is 1. The normalized spacial score (nSPS) is 10.2. The molecule has 0 unspecified atom stereocenters. The van der Waals surface area contributed by atoms with Gasteiger partial charge in [0.2, 0.25) is 0 Å². The Bertz CT molecular complexity index is 2010. The molecule has 0 saturated carbocycles. The first-order valence-corrected chi connectivity index (χ1v) is 17.4. The second-order valence-corrected chi connectivity index (χ2v) is 12.1. The van der Waals surface area contributed by atoms with E-state index in [1.165, 1.54) is 22.4 Å². The van der Waals surface area contributed by atoms with Gasteiger partial charge in [-0.05, 0) is 88.4 Å². The molecule has 0 aliphatic carbocycles. The minimum Gasteiger partial charge on any atom is -0.397 e. The smallest absolute Gasteiger partial charge is 0.293 e. The van der Waals surface area contributed by atoms with E-state index >= 15 is 0 Å². The summed E-state index contributed by atoms with van der Waals surface area (Å²) in [6.07, 6.45) is 3.73. The molecule has 4 N–H and O–H groups in total. The van der Waals surface area contributed by atoms with Gasteiger partial charge >= 0.3 is 0 Å². The summed E-state index contributed by atoms with van der Waals surface area (Å²) in [4.78, 5) is 11.3. The number of benzene rings is 6. The fourth-order valence-electron chi connectivity index (χ4n) is 6.16. The Labute approximate surface area is 324 Å². The number of nitrogens with two attached hydrogens (primary N) is 1. The molecule has 0 fully saturated rings. The van der Waals surface area contributed by atoms with Gasteiger partial charge in [-0.2, -0.15) is 0 Å². The molecule has 52 heavy (non-hydrogen) atoms. The van der Waals surface area contributed by atoms with Crippen LogP contribution in [0.4, 0.5) is 34.1 Å². The largest absolute Gasteiger partial charge is 0.397 e. The van der Waals surface area contributed by atoms with E-state index in [0.717, 1.165) is 70.6 Å². The Morgan fingerprint density at radius 3 is 1.31 bits per heavy atom. The summed E-state index contributed by atoms with van der Waals surface area (Å²) in [7, 11) is 0. The first-order chi connectivity index (χ1) is 24.4. The average Bonchev–Trinajstić information content (AvgIpc) is 3.16. The van der Waals surface area contributed by atoms with Crippen molar-refractivity contribution in [3.05, 3.63) is 166 Å². The molecule has 0 atom stereocenters. The third-order valence-electron chi connectivity index (χ3n) is 8.98. The first kappa shape index (κ1) is 41.2. The van der Waals surface area contributed by atoms with Crippen LogP contribution in [0, 0.1) is 10.1 Å². The number of aryl methyl sites for hydroxylation is 4. The SMILES string of the molecule is C.CCc1cccc(CC)c1Nc1ccc(-c2ccccc2)cc1N.CCc1cccc(CC)c1Nc1ccc(-c2ccccc2)cc1[N+](=O)[O-].[HH].[Pd]. The summed E-state index contributed by atoms with van der Waals surface area (Å²) in [6, 6.07) is 44.2. The van der Waals surface area contributed by atoms with E-state index in [9.17, 15) is 10.1 Å². The summed E-state index contributed by atoms with van der Waals surface area (Å²) in [5, 5.41) is 18.6. The number of nitro groups is 1. The number of nitrogen functional groups attached to an aromatic ring is 1. The molecule has 0 bridgehead atoms. The zero-order valence-electron chi connectivity index (χ0n) is 29.7. The minimum absolute atomic E-state index is 0. The molecule has 0 saturated heterocycles. The Hall–Kier alpha value is -5.22. The third kappa shape index (κ3) is 9.97. The van der Waals surface area contributed by atoms with Crippen molar-refractivity contribution in [3.8, 4) is 22.3 Å². The van der Waals surface area contributed by atoms with Crippen molar-refractivity contribution < 1.29 is 26.8 Å². The van der Waals surface area contributed by atoms with Crippen LogP contribution in [0.3, 0.4) is 0 Å². The van der Waals surface area contributed by atoms with Gasteiger partial charge in [0.05, 0.1) is 16.3 Å². The maximum Gasteiger partial charge on any atom is 0.293 e. The van der Waals surface area contributed by atoms with Crippen molar-refractivity contribution >= 4 is 34.1 Å². The molecule has 6 aromatic rings. The summed E-state index contributed by atoms with van der Waals surface area (Å²) in [5.74, 6) is 0. The molecule has 0 spiro atoms. The van der Waals surface area contributed by atoms with Gasteiger partial charge in [0.1, 0.15) is 5.69 Å². The summed E-state index contributed by atoms with van der Waals surface area (Å²) < 4.78 is 0. The van der Waals surface area contributed by atoms with Crippen LogP contribution in [0.2, 0.25) is 0 Å². The van der Waals surface area contributed by atoms with Gasteiger partial charge in [0.15, 0.2) is 0 Å². The molecule has 0 aliphatic heterocycles. The number of hydrogen-bond acceptors (Lipinski definition) is 5. The van der Waals surface area contributed by atoms with Gasteiger partial charge in [-0.15, -0.1) is 0 Å². The van der Waals surface area contributed by atoms with Crippen LogP contribution in [0.25, 0.3) is 22.3 Å². The molecule has 7 heteroatoms. The zero-order chi connectivity index (χ0) is 35.5. The van der Waals surface area contributed by atoms with Gasteiger partial charge in [-0.25, -0.2) is 0 Å². The Kier molecular flexibility index (Phi) is 15.8. The molecule has 6 nitrogen and oxygen atoms in total. The van der Waals surface area contributed by atoms with Gasteiger partial charge in [-0.1, -0.05) is 144 Å². The molecule has 0 radical (unpaired) electrons. The predicted octanol–water partition coefficient (Wildman–Crippen LogP) is 12.8. The van der Waals surface area contributed by atoms with E-state index in [1.807, 2.05) is 66.7 Å². The topological polar surface area (TPSA) is 93.2 Å². The van der Waals surface area contributed by atoms with Crippen molar-refractivity contribution in [3.63, 3.8) is 0 Å². The van der Waals surface area contributed by atoms with E-state index in [0.29, 0.717) is 5.69 Å². The zero-order valence-corrected chi connectivity index (χ0v) is 31.2. The van der Waals surface area contributed by atoms with Crippen LogP contribution in [0.5, 0.6) is 0 Å². The standard InChI is InChI=1S/C22H22N2O2.C22H24N2.CH4.Pd.H2/c1-3-16-11-8-12-17(4-2)22(16)23-20-14-13-19(15-21(20)24(25)26)18-9-6-5-7-10-18;1-3-16-11-8-12-17(4-2)22(16)24-21-14-13-19(15-20(21)23)18-9-6-5-7-10-18;;;/h5-15,23H,3-4H2,1-2H3;5-15,24H,3-4,23H2,1-2H3;1H4;;1H. The quantitative estimate of drug-likeness (QED) is 0.0526. The number of anilines is 5. The second kappa shape index (κ2) is 20.0. The van der Waals surface area contributed by atoms with E-state index in [1.54, 1.807) is 12.1 Å². The molecule has 274 valence electrons. The van der Waals surface area contributed by atoms with Crippen molar-refractivity contribution in [1.29, 1.82) is 0 Å². The van der Waals surface area contributed by atoms with Crippen molar-refractivity contribution in [1.82, 2.24) is 0 Å². The number of nitrogens with one attached hydrogen (secondary N) is 2. The van der Waals surface area contributed by atoms with Crippen molar-refractivity contribution in [2.75, 3.05) is 16.4 Å². The average molecular weight is 787 g/mol.